The molecule has 0 radical (unpaired) electrons. The number of hydrogen-bond acceptors (Lipinski definition) is 8. The topological polar surface area (TPSA) is 112 Å². The van der Waals surface area contributed by atoms with Gasteiger partial charge in [0.2, 0.25) is 5.12 Å². The van der Waals surface area contributed by atoms with Crippen LogP contribution in [0.25, 0.3) is 0 Å². The number of hydrogen-bond donors (Lipinski definition) is 2. The molecule has 10 heteroatoms. The number of H-pyrrole nitrogens is 1. The molecule has 1 aromatic rings. The van der Waals surface area contributed by atoms with E-state index in [1.54, 1.807) is 4.90 Å². The quantitative estimate of drug-likeness (QED) is 0.687. The SMILES string of the molecule is CSCc1nc(C(=O)NC2CCCCN2C2C(=O)CSC2=O)cc(=O)[nH]1. The molecule has 2 atom stereocenters. The van der Waals surface area contributed by atoms with Gasteiger partial charge in [-0.3, -0.25) is 24.1 Å². The summed E-state index contributed by atoms with van der Waals surface area (Å²) >= 11 is 2.52. The lowest BCUT2D eigenvalue weighted by Crippen LogP contribution is -2.57. The third-order valence-electron chi connectivity index (χ3n) is 4.36. The molecule has 2 fully saturated rings. The van der Waals surface area contributed by atoms with Crippen LogP contribution in [0, 0.1) is 0 Å². The van der Waals surface area contributed by atoms with Crippen molar-refractivity contribution >= 4 is 40.3 Å². The number of rotatable bonds is 5. The summed E-state index contributed by atoms with van der Waals surface area (Å²) < 4.78 is 0. The third kappa shape index (κ3) is 4.18. The van der Waals surface area contributed by atoms with Gasteiger partial charge in [0.05, 0.1) is 17.7 Å². The first-order chi connectivity index (χ1) is 12.5. The van der Waals surface area contributed by atoms with Crippen molar-refractivity contribution in [3.8, 4) is 0 Å². The van der Waals surface area contributed by atoms with Gasteiger partial charge in [-0.05, 0) is 25.5 Å². The first-order valence-corrected chi connectivity index (χ1v) is 10.7. The number of carbonyl (C=O) groups is 3. The number of nitrogens with zero attached hydrogens (tertiary/aromatic N) is 2. The molecule has 0 saturated carbocycles. The summed E-state index contributed by atoms with van der Waals surface area (Å²) in [7, 11) is 0. The van der Waals surface area contributed by atoms with Crippen LogP contribution in [0.5, 0.6) is 0 Å². The highest BCUT2D eigenvalue weighted by atomic mass is 32.2. The van der Waals surface area contributed by atoms with E-state index in [2.05, 4.69) is 15.3 Å². The Balaban J connectivity index is 1.77. The van der Waals surface area contributed by atoms with Gasteiger partial charge in [0.15, 0.2) is 5.78 Å². The van der Waals surface area contributed by atoms with Crippen LogP contribution in [-0.2, 0) is 15.3 Å². The normalized spacial score (nSPS) is 24.0. The maximum atomic E-state index is 12.6. The minimum absolute atomic E-state index is 0.0433. The van der Waals surface area contributed by atoms with E-state index in [4.69, 9.17) is 0 Å². The molecule has 2 aliphatic heterocycles. The Morgan fingerprint density at radius 2 is 2.23 bits per heavy atom. The van der Waals surface area contributed by atoms with E-state index in [0.29, 0.717) is 24.5 Å². The van der Waals surface area contributed by atoms with Crippen molar-refractivity contribution in [1.29, 1.82) is 0 Å². The lowest BCUT2D eigenvalue weighted by atomic mass is 10.0. The molecule has 2 saturated heterocycles. The van der Waals surface area contributed by atoms with E-state index in [9.17, 15) is 19.2 Å². The lowest BCUT2D eigenvalue weighted by molar-refractivity contribution is -0.129. The smallest absolute Gasteiger partial charge is 0.271 e. The molecule has 0 bridgehead atoms. The number of likely N-dealkylation sites (tertiary alicyclic amines) is 1. The zero-order valence-electron chi connectivity index (χ0n) is 14.3. The number of ketones is 1. The molecule has 140 valence electrons. The van der Waals surface area contributed by atoms with Gasteiger partial charge in [-0.25, -0.2) is 4.98 Å². The molecular formula is C16H20N4O4S2. The van der Waals surface area contributed by atoms with Crippen molar-refractivity contribution in [1.82, 2.24) is 20.2 Å². The molecule has 2 N–H and O–H groups in total. The molecule has 2 aliphatic rings. The Kier molecular flexibility index (Phi) is 6.15. The van der Waals surface area contributed by atoms with E-state index >= 15 is 0 Å². The molecule has 3 heterocycles. The second-order valence-corrected chi connectivity index (χ2v) is 8.06. The van der Waals surface area contributed by atoms with Crippen LogP contribution < -0.4 is 10.9 Å². The fourth-order valence-corrected chi connectivity index (χ4v) is 4.50. The second kappa shape index (κ2) is 8.36. The molecule has 0 aromatic carbocycles. The van der Waals surface area contributed by atoms with Crippen LogP contribution in [0.1, 0.15) is 35.6 Å². The molecule has 1 aromatic heterocycles. The Hall–Kier alpha value is -1.65. The summed E-state index contributed by atoms with van der Waals surface area (Å²) in [4.78, 5) is 57.1. The monoisotopic (exact) mass is 396 g/mol. The predicted octanol–water partition coefficient (Wildman–Crippen LogP) is 0.386. The van der Waals surface area contributed by atoms with E-state index < -0.39 is 18.1 Å². The highest BCUT2D eigenvalue weighted by molar-refractivity contribution is 8.15. The second-order valence-electron chi connectivity index (χ2n) is 6.21. The van der Waals surface area contributed by atoms with Crippen molar-refractivity contribution in [2.45, 2.75) is 37.2 Å². The summed E-state index contributed by atoms with van der Waals surface area (Å²) in [6.45, 7) is 0.578. The standard InChI is InChI=1S/C16H20N4O4S2/c1-25-8-11-17-9(6-13(22)18-11)15(23)19-12-4-2-3-5-20(12)14-10(21)7-26-16(14)24/h6,12,14H,2-5,7-8H2,1H3,(H,19,23)(H,17,18,22). The van der Waals surface area contributed by atoms with E-state index in [0.717, 1.165) is 30.7 Å². The van der Waals surface area contributed by atoms with Crippen molar-refractivity contribution < 1.29 is 14.4 Å². The number of carbonyl (C=O) groups excluding carboxylic acids is 3. The Bertz CT molecular complexity index is 766. The lowest BCUT2D eigenvalue weighted by Gasteiger charge is -2.38. The zero-order valence-corrected chi connectivity index (χ0v) is 16.0. The summed E-state index contributed by atoms with van der Waals surface area (Å²) in [5.41, 5.74) is -0.339. The number of nitrogens with one attached hydrogen (secondary N) is 2. The highest BCUT2D eigenvalue weighted by Gasteiger charge is 2.42. The fraction of sp³-hybridized carbons (Fsp3) is 0.562. The van der Waals surface area contributed by atoms with Crippen molar-refractivity contribution in [2.75, 3.05) is 18.6 Å². The number of aromatic nitrogens is 2. The van der Waals surface area contributed by atoms with Gasteiger partial charge in [-0.2, -0.15) is 11.8 Å². The first-order valence-electron chi connectivity index (χ1n) is 8.34. The Labute approximate surface area is 158 Å². The summed E-state index contributed by atoms with van der Waals surface area (Å²) in [6, 6.07) is 0.374. The maximum absolute atomic E-state index is 12.6. The average Bonchev–Trinajstić information content (AvgIpc) is 2.94. The van der Waals surface area contributed by atoms with Crippen molar-refractivity contribution in [3.05, 3.63) is 27.9 Å². The number of Topliss-reactive ketones (excluding diaryl/α,β-unsaturated/α-hetero) is 1. The molecule has 26 heavy (non-hydrogen) atoms. The minimum Gasteiger partial charge on any atom is -0.335 e. The largest absolute Gasteiger partial charge is 0.335 e. The molecule has 8 nitrogen and oxygen atoms in total. The number of piperidine rings is 1. The maximum Gasteiger partial charge on any atom is 0.271 e. The van der Waals surface area contributed by atoms with Gasteiger partial charge in [0.25, 0.3) is 11.5 Å². The third-order valence-corrected chi connectivity index (χ3v) is 5.86. The molecule has 1 amide bonds. The van der Waals surface area contributed by atoms with Crippen molar-refractivity contribution in [3.63, 3.8) is 0 Å². The number of amides is 1. The predicted molar refractivity (Wildman–Crippen MR) is 100 cm³/mol. The van der Waals surface area contributed by atoms with Gasteiger partial charge in [0.1, 0.15) is 17.6 Å². The average molecular weight is 396 g/mol. The van der Waals surface area contributed by atoms with E-state index in [-0.39, 0.29) is 27.9 Å². The van der Waals surface area contributed by atoms with Crippen molar-refractivity contribution in [2.24, 2.45) is 0 Å². The van der Waals surface area contributed by atoms with E-state index in [1.165, 1.54) is 11.8 Å². The van der Waals surface area contributed by atoms with Gasteiger partial charge < -0.3 is 10.3 Å². The summed E-state index contributed by atoms with van der Waals surface area (Å²) in [5, 5.41) is 2.69. The molecule has 0 spiro atoms. The number of aromatic amines is 1. The van der Waals surface area contributed by atoms with Gasteiger partial charge in [-0.1, -0.05) is 11.8 Å². The summed E-state index contributed by atoms with van der Waals surface area (Å²) in [5.74, 6) is 0.537. The van der Waals surface area contributed by atoms with Gasteiger partial charge in [-0.15, -0.1) is 0 Å². The Morgan fingerprint density at radius 1 is 1.42 bits per heavy atom. The van der Waals surface area contributed by atoms with Gasteiger partial charge >= 0.3 is 0 Å². The molecule has 0 aliphatic carbocycles. The van der Waals surface area contributed by atoms with Crippen LogP contribution in [0.15, 0.2) is 10.9 Å². The minimum atomic E-state index is -0.787. The fourth-order valence-electron chi connectivity index (χ4n) is 3.22. The molecule has 2 unspecified atom stereocenters. The zero-order chi connectivity index (χ0) is 18.7. The van der Waals surface area contributed by atoms with Crippen LogP contribution in [0.3, 0.4) is 0 Å². The van der Waals surface area contributed by atoms with Gasteiger partial charge in [0, 0.05) is 12.6 Å². The van der Waals surface area contributed by atoms with Crippen LogP contribution in [0.2, 0.25) is 0 Å². The highest BCUT2D eigenvalue weighted by Crippen LogP contribution is 2.27. The number of thioether (sulfide) groups is 2. The molecule has 3 rings (SSSR count). The summed E-state index contributed by atoms with van der Waals surface area (Å²) in [6.07, 6.45) is 3.87. The van der Waals surface area contributed by atoms with Crippen LogP contribution in [0.4, 0.5) is 0 Å². The van der Waals surface area contributed by atoms with E-state index in [1.807, 2.05) is 6.26 Å². The Morgan fingerprint density at radius 3 is 2.92 bits per heavy atom. The first kappa shape index (κ1) is 19.1. The van der Waals surface area contributed by atoms with Crippen LogP contribution in [-0.4, -0.2) is 62.4 Å². The molecular weight excluding hydrogens is 376 g/mol. The van der Waals surface area contributed by atoms with Crippen LogP contribution >= 0.6 is 23.5 Å².